The van der Waals surface area contributed by atoms with E-state index in [0.29, 0.717) is 0 Å². The zero-order valence-corrected chi connectivity index (χ0v) is 33.2. The highest BCUT2D eigenvalue weighted by Crippen LogP contribution is 2.52. The van der Waals surface area contributed by atoms with Gasteiger partial charge in [-0.3, -0.25) is 0 Å². The number of hydrogen-bond donors (Lipinski definition) is 1. The molecule has 0 bridgehead atoms. The zero-order valence-electron chi connectivity index (χ0n) is 33.2. The first kappa shape index (κ1) is 34.9. The van der Waals surface area contributed by atoms with E-state index in [0.717, 1.165) is 22.7 Å². The van der Waals surface area contributed by atoms with Gasteiger partial charge in [0.25, 0.3) is 0 Å². The Morgan fingerprint density at radius 2 is 1.02 bits per heavy atom. The second kappa shape index (κ2) is 14.0. The molecule has 0 amide bonds. The average Bonchev–Trinajstić information content (AvgIpc) is 3.54. The molecule has 1 heterocycles. The van der Waals surface area contributed by atoms with Crippen LogP contribution in [0.2, 0.25) is 0 Å². The summed E-state index contributed by atoms with van der Waals surface area (Å²) in [6.07, 6.45) is 2.29. The SMILES string of the molecule is CC1(C)c2ccccc2-c2c(-c3cc(-c4ccccc4)cc(-c4ccc(C5=CC(c6ccc7ccccc7c6)NC(c6ccccc6)=N5)c5ccccc45)c3)cccc21. The van der Waals surface area contributed by atoms with E-state index < -0.39 is 0 Å². The van der Waals surface area contributed by atoms with E-state index in [1.807, 2.05) is 0 Å². The molecule has 9 aromatic rings. The predicted molar refractivity (Wildman–Crippen MR) is 249 cm³/mol. The van der Waals surface area contributed by atoms with Crippen LogP contribution in [-0.4, -0.2) is 5.84 Å². The van der Waals surface area contributed by atoms with Crippen LogP contribution in [0.1, 0.15) is 47.7 Å². The first-order chi connectivity index (χ1) is 29.0. The lowest BCUT2D eigenvalue weighted by Gasteiger charge is -2.25. The van der Waals surface area contributed by atoms with Crippen LogP contribution in [0.3, 0.4) is 0 Å². The summed E-state index contributed by atoms with van der Waals surface area (Å²) in [7, 11) is 0. The van der Waals surface area contributed by atoms with Gasteiger partial charge in [-0.05, 0) is 113 Å². The van der Waals surface area contributed by atoms with Crippen molar-refractivity contribution in [2.24, 2.45) is 4.99 Å². The number of rotatable bonds is 6. The van der Waals surface area contributed by atoms with Crippen molar-refractivity contribution in [3.8, 4) is 44.5 Å². The maximum Gasteiger partial charge on any atom is 0.134 e. The van der Waals surface area contributed by atoms with Crippen LogP contribution in [0, 0.1) is 0 Å². The summed E-state index contributed by atoms with van der Waals surface area (Å²) in [4.78, 5) is 5.35. The first-order valence-electron chi connectivity index (χ1n) is 20.6. The summed E-state index contributed by atoms with van der Waals surface area (Å²) >= 11 is 0. The zero-order chi connectivity index (χ0) is 39.5. The molecule has 280 valence electrons. The molecule has 0 fully saturated rings. The molecule has 0 radical (unpaired) electrons. The van der Waals surface area contributed by atoms with Crippen LogP contribution in [0.15, 0.2) is 211 Å². The Bertz CT molecular complexity index is 3150. The lowest BCUT2D eigenvalue weighted by Crippen LogP contribution is -2.31. The number of aliphatic imine (C=N–C) groups is 1. The largest absolute Gasteiger partial charge is 0.359 e. The summed E-state index contributed by atoms with van der Waals surface area (Å²) in [5.74, 6) is 0.870. The minimum Gasteiger partial charge on any atom is -0.359 e. The van der Waals surface area contributed by atoms with Gasteiger partial charge in [-0.15, -0.1) is 0 Å². The Morgan fingerprint density at radius 1 is 0.424 bits per heavy atom. The van der Waals surface area contributed by atoms with E-state index in [2.05, 4.69) is 225 Å². The second-order valence-electron chi connectivity index (χ2n) is 16.4. The quantitative estimate of drug-likeness (QED) is 0.180. The molecule has 0 spiro atoms. The molecular weight excluding hydrogens is 713 g/mol. The van der Waals surface area contributed by atoms with Crippen LogP contribution >= 0.6 is 0 Å². The number of amidine groups is 1. The Morgan fingerprint density at radius 3 is 1.81 bits per heavy atom. The van der Waals surface area contributed by atoms with Crippen molar-refractivity contribution in [2.75, 3.05) is 0 Å². The van der Waals surface area contributed by atoms with Gasteiger partial charge in [-0.2, -0.15) is 0 Å². The van der Waals surface area contributed by atoms with E-state index in [1.165, 1.54) is 82.7 Å². The smallest absolute Gasteiger partial charge is 0.134 e. The maximum atomic E-state index is 5.35. The first-order valence-corrected chi connectivity index (χ1v) is 20.6. The molecule has 9 aromatic carbocycles. The highest BCUT2D eigenvalue weighted by molar-refractivity contribution is 6.08. The fourth-order valence-electron chi connectivity index (χ4n) is 9.52. The molecule has 2 aliphatic rings. The van der Waals surface area contributed by atoms with Gasteiger partial charge in [0.1, 0.15) is 5.84 Å². The molecule has 0 saturated carbocycles. The number of benzene rings is 9. The Labute approximate surface area is 345 Å². The molecule has 1 N–H and O–H groups in total. The predicted octanol–water partition coefficient (Wildman–Crippen LogP) is 14.4. The Hall–Kier alpha value is -7.29. The van der Waals surface area contributed by atoms with Crippen molar-refractivity contribution in [2.45, 2.75) is 25.3 Å². The summed E-state index contributed by atoms with van der Waals surface area (Å²) in [6.45, 7) is 4.71. The van der Waals surface area contributed by atoms with Crippen molar-refractivity contribution in [3.63, 3.8) is 0 Å². The molecule has 0 aromatic heterocycles. The Balaban J connectivity index is 1.09. The van der Waals surface area contributed by atoms with E-state index in [9.17, 15) is 0 Å². The van der Waals surface area contributed by atoms with Crippen LogP contribution < -0.4 is 5.32 Å². The molecule has 1 aliphatic heterocycles. The number of nitrogens with one attached hydrogen (secondary N) is 1. The van der Waals surface area contributed by atoms with Crippen LogP contribution in [0.5, 0.6) is 0 Å². The van der Waals surface area contributed by atoms with Crippen molar-refractivity contribution in [1.29, 1.82) is 0 Å². The molecule has 2 heteroatoms. The Kier molecular flexibility index (Phi) is 8.27. The normalized spacial score (nSPS) is 15.3. The molecule has 1 aliphatic carbocycles. The van der Waals surface area contributed by atoms with Gasteiger partial charge in [-0.1, -0.05) is 190 Å². The number of fused-ring (bicyclic) bond motifs is 5. The van der Waals surface area contributed by atoms with Gasteiger partial charge in [-0.25, -0.2) is 4.99 Å². The second-order valence-corrected chi connectivity index (χ2v) is 16.4. The minimum atomic E-state index is -0.0761. The van der Waals surface area contributed by atoms with Gasteiger partial charge in [0.2, 0.25) is 0 Å². The van der Waals surface area contributed by atoms with Crippen molar-refractivity contribution >= 4 is 33.1 Å². The van der Waals surface area contributed by atoms with Gasteiger partial charge in [0.15, 0.2) is 0 Å². The van der Waals surface area contributed by atoms with Crippen molar-refractivity contribution < 1.29 is 0 Å². The van der Waals surface area contributed by atoms with Gasteiger partial charge < -0.3 is 5.32 Å². The van der Waals surface area contributed by atoms with Gasteiger partial charge in [0, 0.05) is 16.5 Å². The van der Waals surface area contributed by atoms with Gasteiger partial charge in [0.05, 0.1) is 11.7 Å². The third-order valence-corrected chi connectivity index (χ3v) is 12.5. The van der Waals surface area contributed by atoms with E-state index >= 15 is 0 Å². The molecule has 0 saturated heterocycles. The maximum absolute atomic E-state index is 5.35. The molecular formula is C57H42N2. The highest BCUT2D eigenvalue weighted by Gasteiger charge is 2.36. The summed E-state index contributed by atoms with van der Waals surface area (Å²) in [5, 5.41) is 8.62. The lowest BCUT2D eigenvalue weighted by atomic mass is 9.81. The standard InChI is InChI=1S/C57H42N2/c1-57(2)51-26-14-13-24-50(51)55-46(25-15-27-52(55)57)44-34-42(37-16-5-3-6-17-37)33-43(35-44)45-30-31-49(48-23-12-11-22-47(45)48)54-36-53(58-56(59-54)39-19-7-4-8-20-39)41-29-28-38-18-9-10-21-40(38)32-41/h3-36,53H,1-2H3,(H,58,59). The van der Waals surface area contributed by atoms with Crippen LogP contribution in [0.4, 0.5) is 0 Å². The molecule has 1 unspecified atom stereocenters. The number of nitrogens with zero attached hydrogens (tertiary/aromatic N) is 1. The van der Waals surface area contributed by atoms with E-state index in [1.54, 1.807) is 0 Å². The topological polar surface area (TPSA) is 24.4 Å². The van der Waals surface area contributed by atoms with E-state index in [4.69, 9.17) is 4.99 Å². The molecule has 2 nitrogen and oxygen atoms in total. The summed E-state index contributed by atoms with van der Waals surface area (Å²) in [6, 6.07) is 72.9. The molecule has 11 rings (SSSR count). The fourth-order valence-corrected chi connectivity index (χ4v) is 9.52. The van der Waals surface area contributed by atoms with Crippen LogP contribution in [0.25, 0.3) is 71.7 Å². The van der Waals surface area contributed by atoms with Crippen molar-refractivity contribution in [3.05, 3.63) is 234 Å². The average molecular weight is 755 g/mol. The van der Waals surface area contributed by atoms with Crippen molar-refractivity contribution in [1.82, 2.24) is 5.32 Å². The molecule has 59 heavy (non-hydrogen) atoms. The van der Waals surface area contributed by atoms with Crippen LogP contribution in [-0.2, 0) is 5.41 Å². The minimum absolute atomic E-state index is 0.0615. The molecule has 1 atom stereocenters. The monoisotopic (exact) mass is 754 g/mol. The lowest BCUT2D eigenvalue weighted by molar-refractivity contribution is 0.660. The summed E-state index contributed by atoms with van der Waals surface area (Å²) < 4.78 is 0. The summed E-state index contributed by atoms with van der Waals surface area (Å²) in [5.41, 5.74) is 17.0. The van der Waals surface area contributed by atoms with E-state index in [-0.39, 0.29) is 11.5 Å². The fraction of sp³-hybridized carbons (Fsp3) is 0.0702. The third kappa shape index (κ3) is 5.99. The highest BCUT2D eigenvalue weighted by atomic mass is 15.0. The van der Waals surface area contributed by atoms with Gasteiger partial charge >= 0.3 is 0 Å². The third-order valence-electron chi connectivity index (χ3n) is 12.5. The number of hydrogen-bond acceptors (Lipinski definition) is 2.